The molecule has 1 amide bonds. The molecule has 5 N–H and O–H groups in total. The summed E-state index contributed by atoms with van der Waals surface area (Å²) in [5.41, 5.74) is 14.5. The number of nitrogens with two attached hydrogens (primary N) is 2. The molecule has 1 aliphatic rings. The van der Waals surface area contributed by atoms with E-state index < -0.39 is 0 Å². The third-order valence-corrected chi connectivity index (χ3v) is 3.47. The van der Waals surface area contributed by atoms with E-state index in [1.54, 1.807) is 0 Å². The van der Waals surface area contributed by atoms with E-state index in [0.29, 0.717) is 18.1 Å². The third-order valence-electron chi connectivity index (χ3n) is 3.47. The Hall–Kier alpha value is -2.63. The predicted molar refractivity (Wildman–Crippen MR) is 77.1 cm³/mol. The molecule has 1 aromatic heterocycles. The van der Waals surface area contributed by atoms with E-state index in [1.165, 1.54) is 0 Å². The average molecular weight is 269 g/mol. The molecular weight excluding hydrogens is 254 g/mol. The normalized spacial score (nSPS) is 17.4. The maximum absolute atomic E-state index is 11.8. The Bertz CT molecular complexity index is 681. The van der Waals surface area contributed by atoms with E-state index in [2.05, 4.69) is 15.3 Å². The lowest BCUT2D eigenvalue weighted by atomic mass is 9.86. The van der Waals surface area contributed by atoms with Gasteiger partial charge in [-0.2, -0.15) is 9.97 Å². The van der Waals surface area contributed by atoms with Gasteiger partial charge in [-0.05, 0) is 12.5 Å². The van der Waals surface area contributed by atoms with Gasteiger partial charge in [-0.1, -0.05) is 29.8 Å². The minimum atomic E-state index is -0.139. The fourth-order valence-electron chi connectivity index (χ4n) is 2.50. The van der Waals surface area contributed by atoms with E-state index >= 15 is 0 Å². The van der Waals surface area contributed by atoms with E-state index in [4.69, 9.17) is 11.5 Å². The number of nitrogen functional groups attached to an aromatic ring is 2. The van der Waals surface area contributed by atoms with Gasteiger partial charge in [0.2, 0.25) is 11.9 Å². The van der Waals surface area contributed by atoms with Crippen molar-refractivity contribution < 1.29 is 4.79 Å². The topological polar surface area (TPSA) is 107 Å². The fraction of sp³-hybridized carbons (Fsp3) is 0.214. The van der Waals surface area contributed by atoms with E-state index in [9.17, 15) is 4.79 Å². The zero-order chi connectivity index (χ0) is 14.3. The molecule has 0 spiro atoms. The van der Waals surface area contributed by atoms with Crippen LogP contribution >= 0.6 is 0 Å². The molecular formula is C14H15N5O. The first-order valence-corrected chi connectivity index (χ1v) is 6.34. The number of carbonyl (C=O) groups is 1. The maximum Gasteiger partial charge on any atom is 0.226 e. The maximum atomic E-state index is 11.8. The third kappa shape index (κ3) is 2.05. The number of nitrogens with one attached hydrogen (secondary N) is 1. The van der Waals surface area contributed by atoms with Crippen molar-refractivity contribution in [3.05, 3.63) is 41.0 Å². The van der Waals surface area contributed by atoms with Gasteiger partial charge in [-0.25, -0.2) is 0 Å². The van der Waals surface area contributed by atoms with Crippen LogP contribution in [-0.2, 0) is 4.79 Å². The Morgan fingerprint density at radius 2 is 1.90 bits per heavy atom. The molecule has 0 fully saturated rings. The van der Waals surface area contributed by atoms with Crippen LogP contribution in [0.25, 0.3) is 0 Å². The predicted octanol–water partition coefficient (Wildman–Crippen LogP) is 1.42. The molecule has 3 rings (SSSR count). The highest BCUT2D eigenvalue weighted by atomic mass is 16.1. The summed E-state index contributed by atoms with van der Waals surface area (Å²) < 4.78 is 0. The standard InChI is InChI=1S/C14H15N5O/c1-7-2-4-8(5-3-7)9-6-10(20)17-13-11(9)12(15)18-14(16)19-13/h2-5,9H,6H2,1H3,(H5,15,16,17,18,19,20). The number of fused-ring (bicyclic) bond motifs is 1. The van der Waals surface area contributed by atoms with Crippen molar-refractivity contribution in [2.45, 2.75) is 19.3 Å². The van der Waals surface area contributed by atoms with Crippen LogP contribution in [0.15, 0.2) is 24.3 Å². The lowest BCUT2D eigenvalue weighted by Gasteiger charge is -2.26. The number of anilines is 3. The smallest absolute Gasteiger partial charge is 0.226 e. The molecule has 2 aromatic rings. The first-order valence-electron chi connectivity index (χ1n) is 6.34. The largest absolute Gasteiger partial charge is 0.383 e. The second-order valence-corrected chi connectivity index (χ2v) is 4.94. The summed E-state index contributed by atoms with van der Waals surface area (Å²) in [6.07, 6.45) is 0.327. The Labute approximate surface area is 116 Å². The molecule has 0 bridgehead atoms. The van der Waals surface area contributed by atoms with Gasteiger partial charge in [-0.3, -0.25) is 4.79 Å². The van der Waals surface area contributed by atoms with Crippen LogP contribution in [0.2, 0.25) is 0 Å². The van der Waals surface area contributed by atoms with Crippen LogP contribution in [0.3, 0.4) is 0 Å². The second-order valence-electron chi connectivity index (χ2n) is 4.94. The number of aromatic nitrogens is 2. The molecule has 2 heterocycles. The van der Waals surface area contributed by atoms with Crippen molar-refractivity contribution in [2.75, 3.05) is 16.8 Å². The van der Waals surface area contributed by atoms with Crippen LogP contribution in [-0.4, -0.2) is 15.9 Å². The van der Waals surface area contributed by atoms with Gasteiger partial charge in [0, 0.05) is 17.9 Å². The van der Waals surface area contributed by atoms with Crippen molar-refractivity contribution in [1.82, 2.24) is 9.97 Å². The lowest BCUT2D eigenvalue weighted by molar-refractivity contribution is -0.116. The van der Waals surface area contributed by atoms with Gasteiger partial charge in [0.15, 0.2) is 0 Å². The molecule has 6 heteroatoms. The van der Waals surface area contributed by atoms with Crippen molar-refractivity contribution in [3.8, 4) is 0 Å². The quantitative estimate of drug-likeness (QED) is 0.725. The molecule has 0 saturated carbocycles. The molecule has 0 radical (unpaired) electrons. The molecule has 102 valence electrons. The fourth-order valence-corrected chi connectivity index (χ4v) is 2.50. The highest BCUT2D eigenvalue weighted by Crippen LogP contribution is 2.39. The van der Waals surface area contributed by atoms with Gasteiger partial charge in [0.25, 0.3) is 0 Å². The number of aryl methyl sites for hydroxylation is 1. The van der Waals surface area contributed by atoms with Crippen LogP contribution in [0, 0.1) is 6.92 Å². The number of nitrogens with zero attached hydrogens (tertiary/aromatic N) is 2. The van der Waals surface area contributed by atoms with Gasteiger partial charge < -0.3 is 16.8 Å². The summed E-state index contributed by atoms with van der Waals surface area (Å²) in [7, 11) is 0. The zero-order valence-electron chi connectivity index (χ0n) is 11.1. The van der Waals surface area contributed by atoms with E-state index in [0.717, 1.165) is 16.7 Å². The van der Waals surface area contributed by atoms with Crippen LogP contribution in [0.4, 0.5) is 17.6 Å². The summed E-state index contributed by atoms with van der Waals surface area (Å²) in [6.45, 7) is 2.02. The summed E-state index contributed by atoms with van der Waals surface area (Å²) in [5.74, 6) is 0.557. The highest BCUT2D eigenvalue weighted by Gasteiger charge is 2.30. The summed E-state index contributed by atoms with van der Waals surface area (Å²) in [6, 6.07) is 8.02. The van der Waals surface area contributed by atoms with Crippen molar-refractivity contribution in [3.63, 3.8) is 0 Å². The molecule has 1 aliphatic heterocycles. The average Bonchev–Trinajstić information content (AvgIpc) is 2.37. The van der Waals surface area contributed by atoms with Crippen molar-refractivity contribution >= 4 is 23.5 Å². The number of carbonyl (C=O) groups excluding carboxylic acids is 1. The van der Waals surface area contributed by atoms with E-state index in [-0.39, 0.29) is 17.8 Å². The number of amides is 1. The Kier molecular flexibility index (Phi) is 2.78. The first-order chi connectivity index (χ1) is 9.54. The number of hydrogen-bond donors (Lipinski definition) is 3. The summed E-state index contributed by atoms with van der Waals surface area (Å²) >= 11 is 0. The Morgan fingerprint density at radius 1 is 1.20 bits per heavy atom. The summed E-state index contributed by atoms with van der Waals surface area (Å²) in [4.78, 5) is 19.9. The lowest BCUT2D eigenvalue weighted by Crippen LogP contribution is -2.26. The minimum absolute atomic E-state index is 0.0612. The Morgan fingerprint density at radius 3 is 2.60 bits per heavy atom. The minimum Gasteiger partial charge on any atom is -0.383 e. The molecule has 1 unspecified atom stereocenters. The van der Waals surface area contributed by atoms with Crippen LogP contribution in [0.1, 0.15) is 29.0 Å². The highest BCUT2D eigenvalue weighted by molar-refractivity contribution is 5.95. The molecule has 1 aromatic carbocycles. The van der Waals surface area contributed by atoms with E-state index in [1.807, 2.05) is 31.2 Å². The number of rotatable bonds is 1. The molecule has 6 nitrogen and oxygen atoms in total. The van der Waals surface area contributed by atoms with Gasteiger partial charge >= 0.3 is 0 Å². The summed E-state index contributed by atoms with van der Waals surface area (Å²) in [5, 5.41) is 2.70. The SMILES string of the molecule is Cc1ccc(C2CC(=O)Nc3nc(N)nc(N)c32)cc1. The first kappa shape index (κ1) is 12.4. The number of hydrogen-bond acceptors (Lipinski definition) is 5. The number of benzene rings is 1. The van der Waals surface area contributed by atoms with Crippen molar-refractivity contribution in [1.29, 1.82) is 0 Å². The van der Waals surface area contributed by atoms with Gasteiger partial charge in [0.05, 0.1) is 0 Å². The monoisotopic (exact) mass is 269 g/mol. The molecule has 0 saturated heterocycles. The van der Waals surface area contributed by atoms with Gasteiger partial charge in [-0.15, -0.1) is 0 Å². The molecule has 0 aliphatic carbocycles. The van der Waals surface area contributed by atoms with Crippen LogP contribution < -0.4 is 16.8 Å². The second kappa shape index (κ2) is 4.48. The van der Waals surface area contributed by atoms with Crippen LogP contribution in [0.5, 0.6) is 0 Å². The zero-order valence-corrected chi connectivity index (χ0v) is 11.1. The van der Waals surface area contributed by atoms with Gasteiger partial charge in [0.1, 0.15) is 11.6 Å². The molecule has 1 atom stereocenters. The Balaban J connectivity index is 2.14. The van der Waals surface area contributed by atoms with Crippen molar-refractivity contribution in [2.24, 2.45) is 0 Å². The molecule has 20 heavy (non-hydrogen) atoms.